The van der Waals surface area contributed by atoms with Gasteiger partial charge in [-0.2, -0.15) is 0 Å². The van der Waals surface area contributed by atoms with E-state index >= 15 is 0 Å². The van der Waals surface area contributed by atoms with Gasteiger partial charge in [-0.25, -0.2) is 8.78 Å². The van der Waals surface area contributed by atoms with Crippen LogP contribution in [0.3, 0.4) is 0 Å². The number of hydrogen-bond acceptors (Lipinski definition) is 6. The summed E-state index contributed by atoms with van der Waals surface area (Å²) in [5.41, 5.74) is 0.553. The van der Waals surface area contributed by atoms with Gasteiger partial charge in [0, 0.05) is 51.2 Å². The quantitative estimate of drug-likeness (QED) is 0.603. The Balaban J connectivity index is 1.44. The maximum Gasteiger partial charge on any atom is 0.274 e. The summed E-state index contributed by atoms with van der Waals surface area (Å²) < 4.78 is 38.9. The van der Waals surface area contributed by atoms with E-state index in [1.165, 1.54) is 12.3 Å². The Kier molecular flexibility index (Phi) is 7.18. The molecule has 10 heteroatoms. The smallest absolute Gasteiger partial charge is 0.274 e. The number of aliphatic hydroxyl groups excluding tert-OH is 1. The molecule has 3 heterocycles. The largest absolute Gasteiger partial charge is 0.488 e. The van der Waals surface area contributed by atoms with Gasteiger partial charge in [0.25, 0.3) is 11.8 Å². The van der Waals surface area contributed by atoms with E-state index in [1.54, 1.807) is 16.8 Å². The third-order valence-electron chi connectivity index (χ3n) is 7.42. The lowest BCUT2D eigenvalue weighted by atomic mass is 9.84. The fraction of sp³-hybridized carbons (Fsp3) is 0.357. The van der Waals surface area contributed by atoms with Crippen molar-refractivity contribution < 1.29 is 33.0 Å². The number of halogens is 2. The monoisotopic (exact) mass is 525 g/mol. The van der Waals surface area contributed by atoms with Crippen molar-refractivity contribution in [1.82, 2.24) is 15.1 Å². The van der Waals surface area contributed by atoms with Crippen molar-refractivity contribution in [2.75, 3.05) is 26.8 Å². The van der Waals surface area contributed by atoms with Gasteiger partial charge in [-0.05, 0) is 24.5 Å². The van der Waals surface area contributed by atoms with Crippen molar-refractivity contribution >= 4 is 11.8 Å². The Bertz CT molecular complexity index is 1290. The Hall–Kier alpha value is -3.76. The van der Waals surface area contributed by atoms with Crippen LogP contribution >= 0.6 is 0 Å². The molecule has 3 aliphatic rings. The summed E-state index contributed by atoms with van der Waals surface area (Å²) in [4.78, 5) is 30.2. The number of benzene rings is 2. The third-order valence-corrected chi connectivity index (χ3v) is 7.42. The van der Waals surface area contributed by atoms with Gasteiger partial charge < -0.3 is 29.7 Å². The SMILES string of the molecule is CN1C(=O)C2=C(OCc3ccccc3)C(O)C(C(=O)NCc3ccc(F)cc3F)=CN2CC12CCOCC2. The molecule has 2 aromatic rings. The van der Waals surface area contributed by atoms with Crippen LogP contribution < -0.4 is 5.32 Å². The molecule has 2 amide bonds. The number of ether oxygens (including phenoxy) is 2. The van der Waals surface area contributed by atoms with Crippen LogP contribution in [0.4, 0.5) is 8.78 Å². The Morgan fingerprint density at radius 2 is 1.92 bits per heavy atom. The minimum atomic E-state index is -1.52. The van der Waals surface area contributed by atoms with Crippen molar-refractivity contribution in [3.8, 4) is 0 Å². The summed E-state index contributed by atoms with van der Waals surface area (Å²) in [6.07, 6.45) is 1.19. The molecule has 0 radical (unpaired) electrons. The second-order valence-electron chi connectivity index (χ2n) is 9.72. The van der Waals surface area contributed by atoms with Gasteiger partial charge in [0.15, 0.2) is 5.76 Å². The first-order chi connectivity index (χ1) is 18.3. The predicted molar refractivity (Wildman–Crippen MR) is 133 cm³/mol. The molecular formula is C28H29F2N3O5. The minimum Gasteiger partial charge on any atom is -0.488 e. The number of carbonyl (C=O) groups excluding carboxylic acids is 2. The van der Waals surface area contributed by atoms with Gasteiger partial charge in [0.1, 0.15) is 30.0 Å². The number of likely N-dealkylation sites (N-methyl/N-ethyl adjacent to an activating group) is 1. The molecule has 8 nitrogen and oxygen atoms in total. The van der Waals surface area contributed by atoms with Crippen LogP contribution in [0, 0.1) is 11.6 Å². The number of amides is 2. The number of rotatable bonds is 6. The number of piperazine rings is 1. The Morgan fingerprint density at radius 3 is 2.63 bits per heavy atom. The van der Waals surface area contributed by atoms with Crippen molar-refractivity contribution in [2.24, 2.45) is 0 Å². The summed E-state index contributed by atoms with van der Waals surface area (Å²) in [6, 6.07) is 12.4. The van der Waals surface area contributed by atoms with Crippen LogP contribution in [0.15, 0.2) is 71.8 Å². The van der Waals surface area contributed by atoms with Gasteiger partial charge in [0.2, 0.25) is 0 Å². The fourth-order valence-corrected chi connectivity index (χ4v) is 5.12. The Labute approximate surface area is 219 Å². The van der Waals surface area contributed by atoms with E-state index in [-0.39, 0.29) is 41.7 Å². The third kappa shape index (κ3) is 4.89. The average Bonchev–Trinajstić information content (AvgIpc) is 2.92. The standard InChI is InChI=1S/C28H29F2N3O5/c1-32-27(36)23-25(38-16-18-5-3-2-4-6-18)24(34)21(15-33(23)17-28(32)9-11-37-12-10-28)26(35)31-14-19-7-8-20(29)13-22(19)30/h2-8,13,15,24,34H,9-12,14,16-17H2,1H3,(H,31,35). The summed E-state index contributed by atoms with van der Waals surface area (Å²) in [7, 11) is 1.74. The lowest BCUT2D eigenvalue weighted by Gasteiger charge is -2.52. The molecule has 2 aromatic carbocycles. The average molecular weight is 526 g/mol. The van der Waals surface area contributed by atoms with Crippen LogP contribution in [0.25, 0.3) is 0 Å². The van der Waals surface area contributed by atoms with E-state index in [2.05, 4.69) is 5.32 Å². The number of nitrogens with zero attached hydrogens (tertiary/aromatic N) is 2. The van der Waals surface area contributed by atoms with Crippen LogP contribution in [0.2, 0.25) is 0 Å². The topological polar surface area (TPSA) is 91.3 Å². The second kappa shape index (κ2) is 10.5. The number of carbonyl (C=O) groups is 2. The molecule has 0 bridgehead atoms. The normalized spacial score (nSPS) is 20.8. The summed E-state index contributed by atoms with van der Waals surface area (Å²) >= 11 is 0. The molecule has 200 valence electrons. The van der Waals surface area contributed by atoms with Crippen molar-refractivity contribution in [3.05, 3.63) is 94.5 Å². The van der Waals surface area contributed by atoms with Crippen LogP contribution in [-0.4, -0.2) is 65.2 Å². The van der Waals surface area contributed by atoms with Gasteiger partial charge in [-0.15, -0.1) is 0 Å². The van der Waals surface area contributed by atoms with Crippen molar-refractivity contribution in [3.63, 3.8) is 0 Å². The van der Waals surface area contributed by atoms with E-state index < -0.39 is 29.2 Å². The Morgan fingerprint density at radius 1 is 1.18 bits per heavy atom. The van der Waals surface area contributed by atoms with Gasteiger partial charge in [-0.3, -0.25) is 9.59 Å². The number of nitrogens with one attached hydrogen (secondary N) is 1. The zero-order valence-electron chi connectivity index (χ0n) is 21.0. The lowest BCUT2D eigenvalue weighted by molar-refractivity contribution is -0.144. The highest BCUT2D eigenvalue weighted by atomic mass is 19.1. The molecule has 38 heavy (non-hydrogen) atoms. The molecular weight excluding hydrogens is 496 g/mol. The highest BCUT2D eigenvalue weighted by Crippen LogP contribution is 2.39. The first kappa shape index (κ1) is 25.9. The zero-order valence-corrected chi connectivity index (χ0v) is 21.0. The van der Waals surface area contributed by atoms with Gasteiger partial charge in [-0.1, -0.05) is 36.4 Å². The molecule has 2 saturated heterocycles. The number of hydrogen-bond donors (Lipinski definition) is 2. The van der Waals surface area contributed by atoms with Crippen LogP contribution in [0.5, 0.6) is 0 Å². The fourth-order valence-electron chi connectivity index (χ4n) is 5.12. The van der Waals surface area contributed by atoms with E-state index in [0.717, 1.165) is 17.7 Å². The zero-order chi connectivity index (χ0) is 26.9. The first-order valence-corrected chi connectivity index (χ1v) is 12.4. The maximum absolute atomic E-state index is 14.1. The van der Waals surface area contributed by atoms with Crippen molar-refractivity contribution in [2.45, 2.75) is 37.6 Å². The van der Waals surface area contributed by atoms with Crippen LogP contribution in [-0.2, 0) is 32.2 Å². The molecule has 1 atom stereocenters. The number of aliphatic hydroxyl groups is 1. The highest BCUT2D eigenvalue weighted by molar-refractivity contribution is 5.99. The highest BCUT2D eigenvalue weighted by Gasteiger charge is 2.50. The molecule has 0 aliphatic carbocycles. The van der Waals surface area contributed by atoms with Gasteiger partial charge >= 0.3 is 0 Å². The molecule has 2 N–H and O–H groups in total. The van der Waals surface area contributed by atoms with Crippen molar-refractivity contribution in [1.29, 1.82) is 0 Å². The lowest BCUT2D eigenvalue weighted by Crippen LogP contribution is -2.64. The predicted octanol–water partition coefficient (Wildman–Crippen LogP) is 2.59. The van der Waals surface area contributed by atoms with E-state index in [4.69, 9.17) is 9.47 Å². The summed E-state index contributed by atoms with van der Waals surface area (Å²) in [6.45, 7) is 1.27. The molecule has 2 fully saturated rings. The summed E-state index contributed by atoms with van der Waals surface area (Å²) in [5.74, 6) is -2.50. The van der Waals surface area contributed by atoms with E-state index in [9.17, 15) is 23.5 Å². The van der Waals surface area contributed by atoms with Crippen LogP contribution in [0.1, 0.15) is 24.0 Å². The molecule has 5 rings (SSSR count). The second-order valence-corrected chi connectivity index (χ2v) is 9.72. The molecule has 3 aliphatic heterocycles. The summed E-state index contributed by atoms with van der Waals surface area (Å²) in [5, 5.41) is 13.8. The van der Waals surface area contributed by atoms with Gasteiger partial charge in [0.05, 0.1) is 11.1 Å². The maximum atomic E-state index is 14.1. The molecule has 0 aromatic heterocycles. The first-order valence-electron chi connectivity index (χ1n) is 12.4. The van der Waals surface area contributed by atoms with E-state index in [1.807, 2.05) is 30.3 Å². The molecule has 1 unspecified atom stereocenters. The molecule has 0 saturated carbocycles. The number of fused-ring (bicyclic) bond motifs is 1. The van der Waals surface area contributed by atoms with E-state index in [0.29, 0.717) is 32.6 Å². The minimum absolute atomic E-state index is 0.0202. The molecule has 1 spiro atoms.